The Bertz CT molecular complexity index is 625. The Morgan fingerprint density at radius 1 is 1.36 bits per heavy atom. The van der Waals surface area contributed by atoms with Crippen molar-refractivity contribution in [3.05, 3.63) is 45.9 Å². The summed E-state index contributed by atoms with van der Waals surface area (Å²) in [7, 11) is 0. The van der Waals surface area contributed by atoms with E-state index in [1.165, 1.54) is 11.3 Å². The van der Waals surface area contributed by atoms with E-state index >= 15 is 0 Å². The van der Waals surface area contributed by atoms with Crippen molar-refractivity contribution < 1.29 is 9.53 Å². The van der Waals surface area contributed by atoms with E-state index in [4.69, 9.17) is 16.3 Å². The lowest BCUT2D eigenvalue weighted by atomic mass is 10.1. The lowest BCUT2D eigenvalue weighted by Gasteiger charge is -2.32. The van der Waals surface area contributed by atoms with Gasteiger partial charge in [0.1, 0.15) is 11.9 Å². The van der Waals surface area contributed by atoms with Crippen molar-refractivity contribution >= 4 is 28.8 Å². The third kappa shape index (κ3) is 3.78. The number of hydrogen-bond donors (Lipinski definition) is 0. The number of nitrogens with zero attached hydrogens (tertiary/aromatic N) is 2. The van der Waals surface area contributed by atoms with E-state index in [1.54, 1.807) is 5.51 Å². The quantitative estimate of drug-likeness (QED) is 0.859. The van der Waals surface area contributed by atoms with Gasteiger partial charge in [0, 0.05) is 31.3 Å². The summed E-state index contributed by atoms with van der Waals surface area (Å²) in [4.78, 5) is 18.3. The van der Waals surface area contributed by atoms with E-state index in [0.717, 1.165) is 37.4 Å². The molecule has 1 fully saturated rings. The predicted octanol–water partition coefficient (Wildman–Crippen LogP) is 3.41. The number of hydrogen-bond acceptors (Lipinski definition) is 4. The number of aromatic nitrogens is 1. The summed E-state index contributed by atoms with van der Waals surface area (Å²) < 4.78 is 5.94. The van der Waals surface area contributed by atoms with Crippen molar-refractivity contribution in [2.75, 3.05) is 13.1 Å². The van der Waals surface area contributed by atoms with E-state index in [0.29, 0.717) is 11.4 Å². The topological polar surface area (TPSA) is 42.4 Å². The first-order valence-electron chi connectivity index (χ1n) is 7.28. The van der Waals surface area contributed by atoms with Gasteiger partial charge in [-0.15, -0.1) is 11.3 Å². The second-order valence-electron chi connectivity index (χ2n) is 5.28. The highest BCUT2D eigenvalue weighted by Crippen LogP contribution is 2.26. The number of rotatable bonds is 4. The minimum atomic E-state index is 0.114. The van der Waals surface area contributed by atoms with Crippen LogP contribution in [0.3, 0.4) is 0 Å². The summed E-state index contributed by atoms with van der Waals surface area (Å²) in [5.41, 5.74) is 2.61. The number of carbonyl (C=O) groups is 1. The number of thiazole rings is 1. The lowest BCUT2D eigenvalue weighted by molar-refractivity contribution is -0.132. The first-order valence-corrected chi connectivity index (χ1v) is 8.60. The van der Waals surface area contributed by atoms with Gasteiger partial charge in [0.15, 0.2) is 0 Å². The van der Waals surface area contributed by atoms with Crippen molar-refractivity contribution in [3.63, 3.8) is 0 Å². The van der Waals surface area contributed by atoms with Gasteiger partial charge in [-0.2, -0.15) is 0 Å². The molecule has 116 valence electrons. The molecule has 6 heteroatoms. The van der Waals surface area contributed by atoms with Gasteiger partial charge in [-0.3, -0.25) is 4.79 Å². The molecule has 0 aliphatic carbocycles. The van der Waals surface area contributed by atoms with Gasteiger partial charge in [0.25, 0.3) is 0 Å². The smallest absolute Gasteiger partial charge is 0.228 e. The number of benzene rings is 1. The zero-order valence-corrected chi connectivity index (χ0v) is 13.6. The van der Waals surface area contributed by atoms with Gasteiger partial charge in [-0.25, -0.2) is 4.98 Å². The summed E-state index contributed by atoms with van der Waals surface area (Å²) in [5.74, 6) is 0.860. The van der Waals surface area contributed by atoms with Crippen LogP contribution in [0.2, 0.25) is 5.02 Å². The van der Waals surface area contributed by atoms with Crippen LogP contribution in [0.25, 0.3) is 0 Å². The molecule has 0 bridgehead atoms. The molecule has 0 spiro atoms. The van der Waals surface area contributed by atoms with Crippen molar-refractivity contribution in [2.45, 2.75) is 25.4 Å². The van der Waals surface area contributed by atoms with Gasteiger partial charge in [-0.1, -0.05) is 23.7 Å². The Balaban J connectivity index is 1.50. The zero-order valence-electron chi connectivity index (χ0n) is 12.1. The van der Waals surface area contributed by atoms with Gasteiger partial charge in [0.05, 0.1) is 22.6 Å². The Morgan fingerprint density at radius 2 is 2.14 bits per heavy atom. The van der Waals surface area contributed by atoms with Crippen LogP contribution in [-0.4, -0.2) is 35.0 Å². The maximum atomic E-state index is 12.2. The van der Waals surface area contributed by atoms with Crippen LogP contribution >= 0.6 is 22.9 Å². The molecule has 4 nitrogen and oxygen atoms in total. The third-order valence-corrected chi connectivity index (χ3v) is 4.69. The molecule has 0 unspecified atom stereocenters. The van der Waals surface area contributed by atoms with E-state index in [-0.39, 0.29) is 12.0 Å². The van der Waals surface area contributed by atoms with Crippen LogP contribution in [0, 0.1) is 0 Å². The van der Waals surface area contributed by atoms with Crippen LogP contribution in [0.5, 0.6) is 5.75 Å². The van der Waals surface area contributed by atoms with Gasteiger partial charge >= 0.3 is 0 Å². The maximum Gasteiger partial charge on any atom is 0.228 e. The standard InChI is InChI=1S/C16H17ClN2O2S/c17-14-3-1-2-4-15(14)21-13-5-7-19(8-6-13)16(20)9-12-10-22-11-18-12/h1-4,10-11,13H,5-9H2. The molecule has 0 N–H and O–H groups in total. The minimum Gasteiger partial charge on any atom is -0.489 e. The van der Waals surface area contributed by atoms with Crippen LogP contribution in [0.15, 0.2) is 35.2 Å². The number of halogens is 1. The largest absolute Gasteiger partial charge is 0.489 e. The molecule has 2 aromatic rings. The molecule has 1 aromatic carbocycles. The Hall–Kier alpha value is -1.59. The number of piperidine rings is 1. The molecule has 0 saturated carbocycles. The summed E-state index contributed by atoms with van der Waals surface area (Å²) in [6.07, 6.45) is 2.16. The summed E-state index contributed by atoms with van der Waals surface area (Å²) in [6, 6.07) is 7.49. The van der Waals surface area contributed by atoms with E-state index in [9.17, 15) is 4.79 Å². The number of likely N-dealkylation sites (tertiary alicyclic amines) is 1. The Kier molecular flexibility index (Phi) is 4.95. The number of para-hydroxylation sites is 1. The van der Waals surface area contributed by atoms with E-state index in [1.807, 2.05) is 34.5 Å². The molecule has 1 aliphatic rings. The van der Waals surface area contributed by atoms with Crippen LogP contribution in [-0.2, 0) is 11.2 Å². The first kappa shape index (κ1) is 15.3. The Labute approximate surface area is 138 Å². The number of carbonyl (C=O) groups excluding carboxylic acids is 1. The lowest BCUT2D eigenvalue weighted by Crippen LogP contribution is -2.42. The minimum absolute atomic E-state index is 0.114. The summed E-state index contributed by atoms with van der Waals surface area (Å²) >= 11 is 7.62. The van der Waals surface area contributed by atoms with Crippen LogP contribution in [0.4, 0.5) is 0 Å². The summed E-state index contributed by atoms with van der Waals surface area (Å²) in [6.45, 7) is 1.44. The second-order valence-corrected chi connectivity index (χ2v) is 6.41. The zero-order chi connectivity index (χ0) is 15.4. The van der Waals surface area contributed by atoms with Gasteiger partial charge < -0.3 is 9.64 Å². The van der Waals surface area contributed by atoms with Gasteiger partial charge in [-0.05, 0) is 12.1 Å². The fourth-order valence-electron chi connectivity index (χ4n) is 2.53. The molecule has 3 rings (SSSR count). The molecule has 2 heterocycles. The average molecular weight is 337 g/mol. The average Bonchev–Trinajstić information content (AvgIpc) is 3.03. The second kappa shape index (κ2) is 7.11. The third-order valence-electron chi connectivity index (χ3n) is 3.74. The summed E-state index contributed by atoms with van der Waals surface area (Å²) in [5, 5.41) is 2.55. The number of ether oxygens (including phenoxy) is 1. The van der Waals surface area contributed by atoms with Crippen molar-refractivity contribution in [1.29, 1.82) is 0 Å². The normalized spacial score (nSPS) is 15.8. The van der Waals surface area contributed by atoms with Crippen molar-refractivity contribution in [2.24, 2.45) is 0 Å². The molecule has 1 aliphatic heterocycles. The van der Waals surface area contributed by atoms with Gasteiger partial charge in [0.2, 0.25) is 5.91 Å². The highest BCUT2D eigenvalue weighted by molar-refractivity contribution is 7.07. The number of amides is 1. The molecule has 1 saturated heterocycles. The fourth-order valence-corrected chi connectivity index (χ4v) is 3.27. The SMILES string of the molecule is O=C(Cc1cscn1)N1CCC(Oc2ccccc2Cl)CC1. The van der Waals surface area contributed by atoms with Crippen molar-refractivity contribution in [1.82, 2.24) is 9.88 Å². The molecular weight excluding hydrogens is 320 g/mol. The first-order chi connectivity index (χ1) is 10.7. The molecule has 1 aromatic heterocycles. The van der Waals surface area contributed by atoms with Crippen molar-refractivity contribution in [3.8, 4) is 5.75 Å². The maximum absolute atomic E-state index is 12.2. The monoisotopic (exact) mass is 336 g/mol. The molecule has 1 amide bonds. The highest BCUT2D eigenvalue weighted by atomic mass is 35.5. The Morgan fingerprint density at radius 3 is 2.82 bits per heavy atom. The van der Waals surface area contributed by atoms with Crippen LogP contribution < -0.4 is 4.74 Å². The highest BCUT2D eigenvalue weighted by Gasteiger charge is 2.24. The van der Waals surface area contributed by atoms with E-state index < -0.39 is 0 Å². The molecule has 0 radical (unpaired) electrons. The van der Waals surface area contributed by atoms with Crippen LogP contribution in [0.1, 0.15) is 18.5 Å². The fraction of sp³-hybridized carbons (Fsp3) is 0.375. The predicted molar refractivity (Wildman–Crippen MR) is 87.5 cm³/mol. The molecule has 0 atom stereocenters. The molecular formula is C16H17ClN2O2S. The molecule has 22 heavy (non-hydrogen) atoms. The van der Waals surface area contributed by atoms with E-state index in [2.05, 4.69) is 4.98 Å².